The molecule has 1 unspecified atom stereocenters. The Morgan fingerprint density at radius 3 is 2.25 bits per heavy atom. The van der Waals surface area contributed by atoms with Crippen molar-refractivity contribution in [3.8, 4) is 11.1 Å². The van der Waals surface area contributed by atoms with Gasteiger partial charge in [0.25, 0.3) is 0 Å². The summed E-state index contributed by atoms with van der Waals surface area (Å²) in [6.45, 7) is 6.49. The highest BCUT2D eigenvalue weighted by molar-refractivity contribution is 5.69. The molecule has 20 heavy (non-hydrogen) atoms. The lowest BCUT2D eigenvalue weighted by Gasteiger charge is -2.15. The lowest BCUT2D eigenvalue weighted by atomic mass is 9.90. The molecule has 2 aromatic carbocycles. The van der Waals surface area contributed by atoms with Crippen molar-refractivity contribution in [3.05, 3.63) is 60.2 Å². The van der Waals surface area contributed by atoms with E-state index < -0.39 is 0 Å². The van der Waals surface area contributed by atoms with Gasteiger partial charge in [-0.15, -0.1) is 0 Å². The van der Waals surface area contributed by atoms with Crippen molar-refractivity contribution in [2.75, 3.05) is 0 Å². The van der Waals surface area contributed by atoms with E-state index in [1.54, 1.807) is 0 Å². The normalized spacial score (nSPS) is 13.0. The topological polar surface area (TPSA) is 12.4 Å². The summed E-state index contributed by atoms with van der Waals surface area (Å²) >= 11 is 0. The fourth-order valence-electron chi connectivity index (χ4n) is 2.36. The fraction of sp³-hybridized carbons (Fsp3) is 0.316. The van der Waals surface area contributed by atoms with Crippen LogP contribution in [0.1, 0.15) is 38.7 Å². The average molecular weight is 265 g/mol. The van der Waals surface area contributed by atoms with Crippen LogP contribution in [0.5, 0.6) is 0 Å². The van der Waals surface area contributed by atoms with E-state index in [1.165, 1.54) is 16.7 Å². The summed E-state index contributed by atoms with van der Waals surface area (Å²) < 4.78 is 0. The Kier molecular flexibility index (Phi) is 5.11. The van der Waals surface area contributed by atoms with Crippen molar-refractivity contribution in [1.29, 1.82) is 0 Å². The first-order valence-corrected chi connectivity index (χ1v) is 7.34. The zero-order valence-electron chi connectivity index (χ0n) is 12.6. The first kappa shape index (κ1) is 14.5. The molecule has 0 N–H and O–H groups in total. The summed E-state index contributed by atoms with van der Waals surface area (Å²) in [7, 11) is 0. The Morgan fingerprint density at radius 2 is 1.55 bits per heavy atom. The Labute approximate surface area is 122 Å². The van der Waals surface area contributed by atoms with Crippen LogP contribution in [0.4, 0.5) is 0 Å². The van der Waals surface area contributed by atoms with E-state index in [2.05, 4.69) is 86.6 Å². The first-order chi connectivity index (χ1) is 9.68. The maximum Gasteiger partial charge on any atom is 0.0439 e. The van der Waals surface area contributed by atoms with Gasteiger partial charge in [-0.1, -0.05) is 61.5 Å². The molecule has 0 spiro atoms. The maximum atomic E-state index is 4.47. The van der Waals surface area contributed by atoms with E-state index in [0.29, 0.717) is 12.0 Å². The highest BCUT2D eigenvalue weighted by atomic mass is 14.7. The Hall–Kier alpha value is -1.89. The van der Waals surface area contributed by atoms with E-state index in [4.69, 9.17) is 0 Å². The monoisotopic (exact) mass is 265 g/mol. The molecule has 1 nitrogen and oxygen atoms in total. The number of hydrogen-bond acceptors (Lipinski definition) is 1. The molecule has 1 heteroatoms. The minimum atomic E-state index is 0.381. The van der Waals surface area contributed by atoms with E-state index in [1.807, 2.05) is 0 Å². The molecule has 0 aliphatic rings. The molecule has 2 aromatic rings. The lowest BCUT2D eigenvalue weighted by Crippen LogP contribution is -1.99. The molecule has 0 heterocycles. The summed E-state index contributed by atoms with van der Waals surface area (Å²) in [6.07, 6.45) is 3.05. The average Bonchev–Trinajstić information content (AvgIpc) is 2.47. The summed E-state index contributed by atoms with van der Waals surface area (Å²) in [5.74, 6) is 0.480. The standard InChI is InChI=1S/C19H23N/c1-15(2)20-14-13-16(3)18-11-7-8-12-19(18)17-9-5-4-6-10-17/h4-12,14-16H,13H2,1-3H3. The molecule has 0 aromatic heterocycles. The maximum absolute atomic E-state index is 4.47. The second-order valence-corrected chi connectivity index (χ2v) is 5.52. The third-order valence-electron chi connectivity index (χ3n) is 3.44. The third-order valence-corrected chi connectivity index (χ3v) is 3.44. The van der Waals surface area contributed by atoms with Crippen LogP contribution in [0.3, 0.4) is 0 Å². The van der Waals surface area contributed by atoms with Crippen molar-refractivity contribution >= 4 is 6.21 Å². The van der Waals surface area contributed by atoms with Crippen LogP contribution >= 0.6 is 0 Å². The molecule has 1 atom stereocenters. The van der Waals surface area contributed by atoms with Crippen molar-refractivity contribution in [2.24, 2.45) is 4.99 Å². The Bertz CT molecular complexity index is 555. The third kappa shape index (κ3) is 3.80. The molecular weight excluding hydrogens is 242 g/mol. The summed E-state index contributed by atoms with van der Waals surface area (Å²) in [5.41, 5.74) is 4.02. The molecule has 0 aliphatic heterocycles. The van der Waals surface area contributed by atoms with Gasteiger partial charge in [0.2, 0.25) is 0 Å². The Morgan fingerprint density at radius 1 is 0.900 bits per heavy atom. The van der Waals surface area contributed by atoms with Crippen LogP contribution in [-0.2, 0) is 0 Å². The van der Waals surface area contributed by atoms with E-state index in [-0.39, 0.29) is 0 Å². The van der Waals surface area contributed by atoms with Gasteiger partial charge in [0.1, 0.15) is 0 Å². The highest BCUT2D eigenvalue weighted by Gasteiger charge is 2.10. The molecule has 0 aliphatic carbocycles. The molecule has 0 fully saturated rings. The summed E-state index contributed by atoms with van der Waals surface area (Å²) in [5, 5.41) is 0. The quantitative estimate of drug-likeness (QED) is 0.648. The minimum absolute atomic E-state index is 0.381. The van der Waals surface area contributed by atoms with Crippen molar-refractivity contribution in [2.45, 2.75) is 39.2 Å². The van der Waals surface area contributed by atoms with Gasteiger partial charge in [-0.05, 0) is 49.1 Å². The van der Waals surface area contributed by atoms with Gasteiger partial charge < -0.3 is 0 Å². The zero-order valence-corrected chi connectivity index (χ0v) is 12.6. The smallest absolute Gasteiger partial charge is 0.0439 e. The fourth-order valence-corrected chi connectivity index (χ4v) is 2.36. The van der Waals surface area contributed by atoms with Gasteiger partial charge in [0.05, 0.1) is 0 Å². The van der Waals surface area contributed by atoms with Gasteiger partial charge in [0, 0.05) is 6.04 Å². The predicted octanol–water partition coefficient (Wildman–Crippen LogP) is 5.33. The van der Waals surface area contributed by atoms with E-state index in [0.717, 1.165) is 6.42 Å². The number of rotatable bonds is 5. The first-order valence-electron chi connectivity index (χ1n) is 7.34. The zero-order chi connectivity index (χ0) is 14.4. The Balaban J connectivity index is 2.24. The molecule has 2 rings (SSSR count). The number of benzene rings is 2. The van der Waals surface area contributed by atoms with E-state index >= 15 is 0 Å². The van der Waals surface area contributed by atoms with Crippen LogP contribution in [0.25, 0.3) is 11.1 Å². The molecule has 0 saturated heterocycles. The molecule has 104 valence electrons. The predicted molar refractivity (Wildman–Crippen MR) is 88.5 cm³/mol. The molecule has 0 saturated carbocycles. The second kappa shape index (κ2) is 7.04. The van der Waals surface area contributed by atoms with Crippen molar-refractivity contribution < 1.29 is 0 Å². The van der Waals surface area contributed by atoms with Crippen LogP contribution in [0, 0.1) is 0 Å². The van der Waals surface area contributed by atoms with Crippen LogP contribution < -0.4 is 0 Å². The molecule has 0 bridgehead atoms. The number of aliphatic imine (C=N–C) groups is 1. The van der Waals surface area contributed by atoms with Crippen LogP contribution in [0.2, 0.25) is 0 Å². The van der Waals surface area contributed by atoms with Crippen LogP contribution in [-0.4, -0.2) is 12.3 Å². The van der Waals surface area contributed by atoms with Gasteiger partial charge in [0.15, 0.2) is 0 Å². The van der Waals surface area contributed by atoms with Gasteiger partial charge in [-0.3, -0.25) is 4.99 Å². The number of nitrogens with zero attached hydrogens (tertiary/aromatic N) is 1. The highest BCUT2D eigenvalue weighted by Crippen LogP contribution is 2.30. The number of hydrogen-bond donors (Lipinski definition) is 0. The summed E-state index contributed by atoms with van der Waals surface area (Å²) in [4.78, 5) is 4.47. The van der Waals surface area contributed by atoms with Gasteiger partial charge in [-0.2, -0.15) is 0 Å². The van der Waals surface area contributed by atoms with Gasteiger partial charge in [-0.25, -0.2) is 0 Å². The molecule has 0 amide bonds. The van der Waals surface area contributed by atoms with Gasteiger partial charge >= 0.3 is 0 Å². The van der Waals surface area contributed by atoms with E-state index in [9.17, 15) is 0 Å². The SMILES string of the molecule is CC(C)N=CCC(C)c1ccccc1-c1ccccc1. The minimum Gasteiger partial charge on any atom is -0.295 e. The molecule has 0 radical (unpaired) electrons. The van der Waals surface area contributed by atoms with Crippen molar-refractivity contribution in [3.63, 3.8) is 0 Å². The second-order valence-electron chi connectivity index (χ2n) is 5.52. The van der Waals surface area contributed by atoms with Crippen molar-refractivity contribution in [1.82, 2.24) is 0 Å². The molecular formula is C19H23N. The van der Waals surface area contributed by atoms with Crippen LogP contribution in [0.15, 0.2) is 59.6 Å². The largest absolute Gasteiger partial charge is 0.295 e. The summed E-state index contributed by atoms with van der Waals surface area (Å²) in [6, 6.07) is 19.7. The lowest BCUT2D eigenvalue weighted by molar-refractivity contribution is 0.792.